The number of hydrogen-bond donors (Lipinski definition) is 1. The first-order valence-corrected chi connectivity index (χ1v) is 10.6. The molecule has 1 amide bonds. The van der Waals surface area contributed by atoms with Gasteiger partial charge in [0, 0.05) is 49.7 Å². The first-order chi connectivity index (χ1) is 14.9. The van der Waals surface area contributed by atoms with Gasteiger partial charge in [-0.05, 0) is 33.3 Å². The summed E-state index contributed by atoms with van der Waals surface area (Å²) in [4.78, 5) is 18.2. The molecule has 9 heteroatoms. The second-order valence-corrected chi connectivity index (χ2v) is 7.72. The third-order valence-electron chi connectivity index (χ3n) is 5.53. The molecule has 0 atom stereocenters. The van der Waals surface area contributed by atoms with E-state index in [4.69, 9.17) is 4.98 Å². The second kappa shape index (κ2) is 8.33. The number of carbonyl (C=O) groups is 1. The lowest BCUT2D eigenvalue weighted by molar-refractivity contribution is 0.0952. The molecule has 0 spiro atoms. The lowest BCUT2D eigenvalue weighted by atomic mass is 10.1. The molecule has 4 heterocycles. The first-order valence-electron chi connectivity index (χ1n) is 10.6. The van der Waals surface area contributed by atoms with Crippen LogP contribution in [0.2, 0.25) is 0 Å². The number of aryl methyl sites for hydroxylation is 4. The molecule has 9 nitrogen and oxygen atoms in total. The predicted octanol–water partition coefficient (Wildman–Crippen LogP) is 3.01. The summed E-state index contributed by atoms with van der Waals surface area (Å²) in [6.45, 7) is 9.99. The van der Waals surface area contributed by atoms with Gasteiger partial charge in [-0.25, -0.2) is 9.67 Å². The molecule has 0 saturated heterocycles. The van der Waals surface area contributed by atoms with Crippen LogP contribution in [0.25, 0.3) is 22.3 Å². The van der Waals surface area contributed by atoms with Crippen LogP contribution in [0.3, 0.4) is 0 Å². The van der Waals surface area contributed by atoms with E-state index in [-0.39, 0.29) is 5.91 Å². The number of carbonyl (C=O) groups excluding carboxylic acids is 1. The topological polar surface area (TPSA) is 95.5 Å². The Labute approximate surface area is 181 Å². The quantitative estimate of drug-likeness (QED) is 0.496. The first kappa shape index (κ1) is 20.8. The zero-order chi connectivity index (χ0) is 22.1. The molecule has 0 bridgehead atoms. The Bertz CT molecular complexity index is 1250. The smallest absolute Gasteiger partial charge is 0.252 e. The van der Waals surface area contributed by atoms with Crippen molar-refractivity contribution in [3.05, 3.63) is 47.2 Å². The molecule has 0 aromatic carbocycles. The van der Waals surface area contributed by atoms with Crippen molar-refractivity contribution in [1.82, 2.24) is 39.6 Å². The fourth-order valence-electron chi connectivity index (χ4n) is 3.74. The van der Waals surface area contributed by atoms with E-state index in [9.17, 15) is 4.79 Å². The summed E-state index contributed by atoms with van der Waals surface area (Å²) in [5, 5.41) is 17.1. The van der Waals surface area contributed by atoms with Gasteiger partial charge in [-0.2, -0.15) is 15.3 Å². The van der Waals surface area contributed by atoms with Crippen molar-refractivity contribution in [2.24, 2.45) is 7.05 Å². The zero-order valence-electron chi connectivity index (χ0n) is 18.7. The highest BCUT2D eigenvalue weighted by Crippen LogP contribution is 2.29. The van der Waals surface area contributed by atoms with Gasteiger partial charge in [0.15, 0.2) is 5.65 Å². The Balaban J connectivity index is 1.78. The van der Waals surface area contributed by atoms with Crippen LogP contribution in [0.5, 0.6) is 0 Å². The number of pyridine rings is 1. The van der Waals surface area contributed by atoms with Crippen LogP contribution in [-0.2, 0) is 26.7 Å². The Hall–Kier alpha value is -3.49. The van der Waals surface area contributed by atoms with Gasteiger partial charge in [-0.1, -0.05) is 6.92 Å². The maximum Gasteiger partial charge on any atom is 0.252 e. The summed E-state index contributed by atoms with van der Waals surface area (Å²) in [7, 11) is 1.90. The summed E-state index contributed by atoms with van der Waals surface area (Å²) in [6.07, 6.45) is 6.44. The van der Waals surface area contributed by atoms with E-state index in [1.165, 1.54) is 0 Å². The molecule has 0 saturated carbocycles. The van der Waals surface area contributed by atoms with Crippen LogP contribution < -0.4 is 5.32 Å². The molecule has 0 radical (unpaired) electrons. The minimum atomic E-state index is -0.154. The van der Waals surface area contributed by atoms with Crippen LogP contribution in [0.15, 0.2) is 24.7 Å². The van der Waals surface area contributed by atoms with Crippen LogP contribution in [0.1, 0.15) is 47.6 Å². The van der Waals surface area contributed by atoms with E-state index >= 15 is 0 Å². The van der Waals surface area contributed by atoms with Gasteiger partial charge in [0.2, 0.25) is 0 Å². The van der Waals surface area contributed by atoms with Crippen molar-refractivity contribution in [3.63, 3.8) is 0 Å². The van der Waals surface area contributed by atoms with Crippen molar-refractivity contribution in [1.29, 1.82) is 0 Å². The average Bonchev–Trinajstić information content (AvgIpc) is 3.45. The van der Waals surface area contributed by atoms with Crippen LogP contribution in [0.4, 0.5) is 0 Å². The molecule has 0 fully saturated rings. The molecule has 0 aliphatic rings. The van der Waals surface area contributed by atoms with Gasteiger partial charge < -0.3 is 5.32 Å². The summed E-state index contributed by atoms with van der Waals surface area (Å²) in [6, 6.07) is 1.85. The normalized spacial score (nSPS) is 11.4. The SMILES string of the molecule is CCCn1nc(C)c2c(C(=O)NCc3cnn(CC)c3)cc(-c3cnn(C)c3C)nc21. The summed E-state index contributed by atoms with van der Waals surface area (Å²) >= 11 is 0. The number of rotatable bonds is 7. The zero-order valence-corrected chi connectivity index (χ0v) is 18.7. The van der Waals surface area contributed by atoms with E-state index in [0.29, 0.717) is 12.1 Å². The van der Waals surface area contributed by atoms with Gasteiger partial charge >= 0.3 is 0 Å². The molecule has 4 aromatic rings. The third kappa shape index (κ3) is 3.83. The summed E-state index contributed by atoms with van der Waals surface area (Å²) in [5.41, 5.74) is 5.68. The van der Waals surface area contributed by atoms with Crippen LogP contribution in [-0.4, -0.2) is 40.2 Å². The molecule has 0 unspecified atom stereocenters. The van der Waals surface area contributed by atoms with Gasteiger partial charge in [-0.15, -0.1) is 0 Å². The number of aromatic nitrogens is 7. The molecule has 162 valence electrons. The van der Waals surface area contributed by atoms with E-state index < -0.39 is 0 Å². The highest BCUT2D eigenvalue weighted by atomic mass is 16.1. The molecule has 0 aliphatic heterocycles. The Morgan fingerprint density at radius 2 is 1.97 bits per heavy atom. The van der Waals surface area contributed by atoms with Crippen molar-refractivity contribution in [3.8, 4) is 11.3 Å². The minimum absolute atomic E-state index is 0.154. The predicted molar refractivity (Wildman–Crippen MR) is 119 cm³/mol. The Morgan fingerprint density at radius 3 is 2.61 bits per heavy atom. The lowest BCUT2D eigenvalue weighted by Crippen LogP contribution is -2.23. The number of amides is 1. The average molecular weight is 421 g/mol. The standard InChI is InChI=1S/C22H28N8O/c1-6-8-30-21-20(14(3)27-30)17(9-19(26-21)18-12-24-28(5)15(18)4)22(31)23-10-16-11-25-29(7-2)13-16/h9,11-13H,6-8,10H2,1-5H3,(H,23,31). The number of nitrogens with zero attached hydrogens (tertiary/aromatic N) is 7. The minimum Gasteiger partial charge on any atom is -0.348 e. The monoisotopic (exact) mass is 420 g/mol. The fourth-order valence-corrected chi connectivity index (χ4v) is 3.74. The van der Waals surface area contributed by atoms with Crippen LogP contribution >= 0.6 is 0 Å². The molecular weight excluding hydrogens is 392 g/mol. The van der Waals surface area contributed by atoms with Gasteiger partial charge in [0.1, 0.15) is 0 Å². The van der Waals surface area contributed by atoms with Crippen molar-refractivity contribution in [2.45, 2.75) is 53.8 Å². The summed E-state index contributed by atoms with van der Waals surface area (Å²) < 4.78 is 5.54. The highest BCUT2D eigenvalue weighted by molar-refractivity contribution is 6.07. The molecule has 31 heavy (non-hydrogen) atoms. The van der Waals surface area contributed by atoms with Crippen molar-refractivity contribution in [2.75, 3.05) is 0 Å². The second-order valence-electron chi connectivity index (χ2n) is 7.72. The summed E-state index contributed by atoms with van der Waals surface area (Å²) in [5.74, 6) is -0.154. The van der Waals surface area contributed by atoms with E-state index in [2.05, 4.69) is 27.5 Å². The van der Waals surface area contributed by atoms with E-state index in [1.807, 2.05) is 49.4 Å². The molecule has 1 N–H and O–H groups in total. The van der Waals surface area contributed by atoms with E-state index in [1.54, 1.807) is 17.1 Å². The number of nitrogens with one attached hydrogen (secondary N) is 1. The number of hydrogen-bond acceptors (Lipinski definition) is 5. The van der Waals surface area contributed by atoms with Crippen LogP contribution in [0, 0.1) is 13.8 Å². The maximum atomic E-state index is 13.3. The third-order valence-corrected chi connectivity index (χ3v) is 5.53. The maximum absolute atomic E-state index is 13.3. The highest BCUT2D eigenvalue weighted by Gasteiger charge is 2.21. The Morgan fingerprint density at radius 1 is 1.16 bits per heavy atom. The fraction of sp³-hybridized carbons (Fsp3) is 0.409. The molecular formula is C22H28N8O. The molecule has 4 aromatic heterocycles. The number of fused-ring (bicyclic) bond motifs is 1. The Kier molecular flexibility index (Phi) is 5.58. The lowest BCUT2D eigenvalue weighted by Gasteiger charge is -2.09. The molecule has 4 rings (SSSR count). The van der Waals surface area contributed by atoms with E-state index in [0.717, 1.165) is 58.8 Å². The van der Waals surface area contributed by atoms with Crippen molar-refractivity contribution >= 4 is 16.9 Å². The van der Waals surface area contributed by atoms with Crippen molar-refractivity contribution < 1.29 is 4.79 Å². The largest absolute Gasteiger partial charge is 0.348 e. The van der Waals surface area contributed by atoms with Gasteiger partial charge in [-0.3, -0.25) is 14.2 Å². The molecule has 0 aliphatic carbocycles. The van der Waals surface area contributed by atoms with Gasteiger partial charge in [0.05, 0.1) is 34.7 Å². The van der Waals surface area contributed by atoms with Gasteiger partial charge in [0.25, 0.3) is 5.91 Å².